The summed E-state index contributed by atoms with van der Waals surface area (Å²) < 4.78 is 0. The fraction of sp³-hybridized carbons (Fsp3) is 0.0769. The number of rotatable bonds is 1. The van der Waals surface area contributed by atoms with Crippen LogP contribution in [0.2, 0.25) is 10.0 Å². The topological polar surface area (TPSA) is 20.2 Å². The number of phenols is 1. The van der Waals surface area contributed by atoms with Crippen LogP contribution in [-0.4, -0.2) is 5.11 Å². The Bertz CT molecular complexity index is 535. The number of aromatic hydroxyl groups is 1. The molecule has 1 nitrogen and oxygen atoms in total. The van der Waals surface area contributed by atoms with Gasteiger partial charge in [-0.2, -0.15) is 0 Å². The normalized spacial score (nSPS) is 10.4. The van der Waals surface area contributed by atoms with Crippen molar-refractivity contribution >= 4 is 23.2 Å². The van der Waals surface area contributed by atoms with Crippen molar-refractivity contribution in [2.75, 3.05) is 0 Å². The second-order valence-electron chi connectivity index (χ2n) is 3.62. The first kappa shape index (κ1) is 11.3. The molecule has 0 aromatic heterocycles. The average Bonchev–Trinajstić information content (AvgIpc) is 2.26. The summed E-state index contributed by atoms with van der Waals surface area (Å²) in [6.45, 7) is 1.96. The molecule has 0 unspecified atom stereocenters. The third-order valence-electron chi connectivity index (χ3n) is 2.39. The number of phenolic OH excluding ortho intramolecular Hbond substituents is 1. The highest BCUT2D eigenvalue weighted by atomic mass is 35.5. The van der Waals surface area contributed by atoms with E-state index in [2.05, 4.69) is 0 Å². The molecular formula is C13H10Cl2O. The van der Waals surface area contributed by atoms with E-state index in [1.807, 2.05) is 31.2 Å². The van der Waals surface area contributed by atoms with Crippen molar-refractivity contribution in [1.29, 1.82) is 0 Å². The molecule has 0 fully saturated rings. The summed E-state index contributed by atoms with van der Waals surface area (Å²) in [4.78, 5) is 0. The van der Waals surface area contributed by atoms with Crippen LogP contribution in [0.15, 0.2) is 36.4 Å². The van der Waals surface area contributed by atoms with Crippen LogP contribution in [0.25, 0.3) is 11.1 Å². The van der Waals surface area contributed by atoms with Gasteiger partial charge in [0, 0.05) is 11.1 Å². The Labute approximate surface area is 104 Å². The van der Waals surface area contributed by atoms with Crippen LogP contribution < -0.4 is 0 Å². The van der Waals surface area contributed by atoms with Crippen LogP contribution in [-0.2, 0) is 0 Å². The Kier molecular flexibility index (Phi) is 3.08. The highest BCUT2D eigenvalue weighted by Gasteiger charge is 2.10. The molecule has 0 bridgehead atoms. The van der Waals surface area contributed by atoms with Gasteiger partial charge in [-0.05, 0) is 25.1 Å². The van der Waals surface area contributed by atoms with E-state index >= 15 is 0 Å². The van der Waals surface area contributed by atoms with E-state index in [4.69, 9.17) is 23.2 Å². The predicted molar refractivity (Wildman–Crippen MR) is 68.3 cm³/mol. The standard InChI is InChI=1S/C13H10Cl2O/c1-8-5-6-12(16)10(7-8)9-3-2-4-11(14)13(9)15/h2-7,16H,1H3. The number of aryl methyl sites for hydroxylation is 1. The molecule has 16 heavy (non-hydrogen) atoms. The molecule has 2 rings (SSSR count). The first-order chi connectivity index (χ1) is 7.59. The highest BCUT2D eigenvalue weighted by Crippen LogP contribution is 2.37. The molecule has 0 spiro atoms. The first-order valence-corrected chi connectivity index (χ1v) is 5.59. The minimum absolute atomic E-state index is 0.203. The van der Waals surface area contributed by atoms with E-state index in [9.17, 15) is 5.11 Å². The molecule has 0 saturated carbocycles. The molecule has 0 aliphatic heterocycles. The molecule has 82 valence electrons. The molecule has 0 amide bonds. The van der Waals surface area contributed by atoms with Gasteiger partial charge in [-0.25, -0.2) is 0 Å². The Morgan fingerprint density at radius 3 is 2.50 bits per heavy atom. The average molecular weight is 253 g/mol. The van der Waals surface area contributed by atoms with Crippen molar-refractivity contribution in [2.24, 2.45) is 0 Å². The van der Waals surface area contributed by atoms with E-state index in [0.29, 0.717) is 15.6 Å². The van der Waals surface area contributed by atoms with E-state index in [1.54, 1.807) is 12.1 Å². The first-order valence-electron chi connectivity index (χ1n) is 4.83. The summed E-state index contributed by atoms with van der Waals surface area (Å²) in [7, 11) is 0. The van der Waals surface area contributed by atoms with Gasteiger partial charge in [0.05, 0.1) is 10.0 Å². The van der Waals surface area contributed by atoms with Gasteiger partial charge in [0.15, 0.2) is 0 Å². The van der Waals surface area contributed by atoms with Crippen molar-refractivity contribution in [3.05, 3.63) is 52.0 Å². The van der Waals surface area contributed by atoms with E-state index in [1.165, 1.54) is 0 Å². The van der Waals surface area contributed by atoms with Crippen LogP contribution >= 0.6 is 23.2 Å². The molecule has 1 N–H and O–H groups in total. The van der Waals surface area contributed by atoms with Crippen LogP contribution in [0.1, 0.15) is 5.56 Å². The number of benzene rings is 2. The second-order valence-corrected chi connectivity index (χ2v) is 4.41. The maximum atomic E-state index is 9.80. The Morgan fingerprint density at radius 2 is 1.75 bits per heavy atom. The molecular weight excluding hydrogens is 243 g/mol. The molecule has 0 aliphatic rings. The van der Waals surface area contributed by atoms with Crippen LogP contribution in [0.4, 0.5) is 0 Å². The van der Waals surface area contributed by atoms with Gasteiger partial charge < -0.3 is 5.11 Å². The third-order valence-corrected chi connectivity index (χ3v) is 3.21. The molecule has 2 aromatic rings. The maximum absolute atomic E-state index is 9.80. The van der Waals surface area contributed by atoms with Gasteiger partial charge in [-0.15, -0.1) is 0 Å². The lowest BCUT2D eigenvalue weighted by molar-refractivity contribution is 0.477. The SMILES string of the molecule is Cc1ccc(O)c(-c2cccc(Cl)c2Cl)c1. The summed E-state index contributed by atoms with van der Waals surface area (Å²) in [6.07, 6.45) is 0. The van der Waals surface area contributed by atoms with Gasteiger partial charge >= 0.3 is 0 Å². The number of hydrogen-bond donors (Lipinski definition) is 1. The monoisotopic (exact) mass is 252 g/mol. The summed E-state index contributed by atoms with van der Waals surface area (Å²) in [5.41, 5.74) is 2.51. The molecule has 0 heterocycles. The van der Waals surface area contributed by atoms with E-state index in [0.717, 1.165) is 11.1 Å². The van der Waals surface area contributed by atoms with Crippen molar-refractivity contribution in [3.63, 3.8) is 0 Å². The van der Waals surface area contributed by atoms with Crippen molar-refractivity contribution in [1.82, 2.24) is 0 Å². The van der Waals surface area contributed by atoms with Gasteiger partial charge in [0.25, 0.3) is 0 Å². The molecule has 0 aliphatic carbocycles. The summed E-state index contributed by atoms with van der Waals surface area (Å²) >= 11 is 12.1. The van der Waals surface area contributed by atoms with Crippen LogP contribution in [0.5, 0.6) is 5.75 Å². The van der Waals surface area contributed by atoms with Gasteiger partial charge in [0.2, 0.25) is 0 Å². The largest absolute Gasteiger partial charge is 0.507 e. The highest BCUT2D eigenvalue weighted by molar-refractivity contribution is 6.43. The second kappa shape index (κ2) is 4.36. The molecule has 2 aromatic carbocycles. The molecule has 0 radical (unpaired) electrons. The van der Waals surface area contributed by atoms with Gasteiger partial charge in [-0.1, -0.05) is 47.0 Å². The lowest BCUT2D eigenvalue weighted by Crippen LogP contribution is -1.83. The van der Waals surface area contributed by atoms with Gasteiger partial charge in [0.1, 0.15) is 5.75 Å². The number of halogens is 2. The molecule has 3 heteroatoms. The summed E-state index contributed by atoms with van der Waals surface area (Å²) in [5, 5.41) is 10.8. The zero-order chi connectivity index (χ0) is 11.7. The smallest absolute Gasteiger partial charge is 0.123 e. The fourth-order valence-electron chi connectivity index (χ4n) is 1.58. The van der Waals surface area contributed by atoms with E-state index < -0.39 is 0 Å². The lowest BCUT2D eigenvalue weighted by atomic mass is 10.0. The maximum Gasteiger partial charge on any atom is 0.123 e. The van der Waals surface area contributed by atoms with E-state index in [-0.39, 0.29) is 5.75 Å². The predicted octanol–water partition coefficient (Wildman–Crippen LogP) is 4.67. The quantitative estimate of drug-likeness (QED) is 0.782. The third kappa shape index (κ3) is 2.01. The number of hydrogen-bond acceptors (Lipinski definition) is 1. The molecule has 0 saturated heterocycles. The molecule has 0 atom stereocenters. The lowest BCUT2D eigenvalue weighted by Gasteiger charge is -2.08. The minimum Gasteiger partial charge on any atom is -0.507 e. The van der Waals surface area contributed by atoms with Gasteiger partial charge in [-0.3, -0.25) is 0 Å². The zero-order valence-electron chi connectivity index (χ0n) is 8.67. The van der Waals surface area contributed by atoms with Crippen LogP contribution in [0, 0.1) is 6.92 Å². The van der Waals surface area contributed by atoms with Crippen molar-refractivity contribution < 1.29 is 5.11 Å². The summed E-state index contributed by atoms with van der Waals surface area (Å²) in [6, 6.07) is 10.8. The zero-order valence-corrected chi connectivity index (χ0v) is 10.2. The Balaban J connectivity index is 2.67. The van der Waals surface area contributed by atoms with Crippen molar-refractivity contribution in [3.8, 4) is 16.9 Å². The van der Waals surface area contributed by atoms with Crippen LogP contribution in [0.3, 0.4) is 0 Å². The minimum atomic E-state index is 0.203. The van der Waals surface area contributed by atoms with Crippen molar-refractivity contribution in [2.45, 2.75) is 6.92 Å². The summed E-state index contributed by atoms with van der Waals surface area (Å²) in [5.74, 6) is 0.203. The Morgan fingerprint density at radius 1 is 1.00 bits per heavy atom. The fourth-order valence-corrected chi connectivity index (χ4v) is 1.98. The Hall–Kier alpha value is -1.18.